The maximum absolute atomic E-state index is 12.9. The molecule has 12 heteroatoms. The van der Waals surface area contributed by atoms with Gasteiger partial charge >= 0.3 is 0 Å². The molecule has 0 radical (unpaired) electrons. The first kappa shape index (κ1) is 19.2. The minimum Gasteiger partial charge on any atom is -0.459 e. The molecule has 0 unspecified atom stereocenters. The van der Waals surface area contributed by atoms with Crippen LogP contribution in [0.3, 0.4) is 0 Å². The van der Waals surface area contributed by atoms with Gasteiger partial charge in [0.1, 0.15) is 0 Å². The first-order valence-electron chi connectivity index (χ1n) is 8.77. The Kier molecular flexibility index (Phi) is 5.13. The Morgan fingerprint density at radius 2 is 1.83 bits per heavy atom. The van der Waals surface area contributed by atoms with E-state index in [-0.39, 0.29) is 23.9 Å². The Balaban J connectivity index is 1.41. The average Bonchev–Trinajstić information content (AvgIpc) is 3.40. The van der Waals surface area contributed by atoms with Crippen molar-refractivity contribution in [2.75, 3.05) is 26.2 Å². The molecule has 0 saturated carbocycles. The van der Waals surface area contributed by atoms with E-state index >= 15 is 0 Å². The molecule has 0 spiro atoms. The second-order valence-electron chi connectivity index (χ2n) is 6.38. The molecule has 0 aliphatic carbocycles. The predicted octanol–water partition coefficient (Wildman–Crippen LogP) is 1.74. The van der Waals surface area contributed by atoms with Crippen LogP contribution < -0.4 is 0 Å². The van der Waals surface area contributed by atoms with Crippen molar-refractivity contribution in [2.45, 2.75) is 11.4 Å². The highest BCUT2D eigenvalue weighted by Gasteiger charge is 2.33. The van der Waals surface area contributed by atoms with Crippen LogP contribution in [0, 0.1) is 10.1 Å². The summed E-state index contributed by atoms with van der Waals surface area (Å²) in [7, 11) is -3.96. The minimum atomic E-state index is -3.96. The molecule has 1 saturated heterocycles. The summed E-state index contributed by atoms with van der Waals surface area (Å²) < 4.78 is 37.8. The number of sulfonamides is 1. The SMILES string of the molecule is O=[N+]([O-])c1ccccc1S(=O)(=O)N1CCN(Cc2nnc(-c3ccco3)o2)CC1. The number of nitro groups is 1. The van der Waals surface area contributed by atoms with Crippen molar-refractivity contribution >= 4 is 15.7 Å². The number of hydrogen-bond donors (Lipinski definition) is 0. The van der Waals surface area contributed by atoms with Gasteiger partial charge in [0.05, 0.1) is 17.7 Å². The largest absolute Gasteiger partial charge is 0.459 e. The van der Waals surface area contributed by atoms with Crippen LogP contribution in [-0.2, 0) is 16.6 Å². The summed E-state index contributed by atoms with van der Waals surface area (Å²) in [5, 5.41) is 19.1. The van der Waals surface area contributed by atoms with Gasteiger partial charge in [-0.25, -0.2) is 8.42 Å². The van der Waals surface area contributed by atoms with Gasteiger partial charge < -0.3 is 8.83 Å². The highest BCUT2D eigenvalue weighted by molar-refractivity contribution is 7.89. The molecule has 3 heterocycles. The lowest BCUT2D eigenvalue weighted by Gasteiger charge is -2.33. The molecule has 2 aromatic heterocycles. The summed E-state index contributed by atoms with van der Waals surface area (Å²) in [5.74, 6) is 1.15. The van der Waals surface area contributed by atoms with Crippen molar-refractivity contribution in [2.24, 2.45) is 0 Å². The molecular formula is C17H17N5O6S. The number of furan rings is 1. The maximum atomic E-state index is 12.9. The second-order valence-corrected chi connectivity index (χ2v) is 8.29. The van der Waals surface area contributed by atoms with Crippen LogP contribution in [0.5, 0.6) is 0 Å². The predicted molar refractivity (Wildman–Crippen MR) is 99.1 cm³/mol. The lowest BCUT2D eigenvalue weighted by atomic mass is 10.3. The van der Waals surface area contributed by atoms with Crippen molar-refractivity contribution in [3.63, 3.8) is 0 Å². The van der Waals surface area contributed by atoms with E-state index in [2.05, 4.69) is 10.2 Å². The Morgan fingerprint density at radius 3 is 2.52 bits per heavy atom. The standard InChI is InChI=1S/C17H17N5O6S/c23-22(24)13-4-1-2-6-15(13)29(25,26)21-9-7-20(8-10-21)12-16-18-19-17(28-16)14-5-3-11-27-14/h1-6,11H,7-10,12H2. The maximum Gasteiger partial charge on any atom is 0.289 e. The molecule has 1 fully saturated rings. The van der Waals surface area contributed by atoms with E-state index in [1.54, 1.807) is 12.1 Å². The van der Waals surface area contributed by atoms with Crippen LogP contribution in [0.2, 0.25) is 0 Å². The highest BCUT2D eigenvalue weighted by atomic mass is 32.2. The summed E-state index contributed by atoms with van der Waals surface area (Å²) in [6, 6.07) is 8.79. The van der Waals surface area contributed by atoms with Gasteiger partial charge in [0.25, 0.3) is 11.6 Å². The van der Waals surface area contributed by atoms with Crippen LogP contribution in [0.1, 0.15) is 5.89 Å². The normalized spacial score (nSPS) is 16.1. The molecule has 0 bridgehead atoms. The highest BCUT2D eigenvalue weighted by Crippen LogP contribution is 2.27. The van der Waals surface area contributed by atoms with Crippen molar-refractivity contribution in [1.82, 2.24) is 19.4 Å². The quantitative estimate of drug-likeness (QED) is 0.432. The molecule has 4 rings (SSSR count). The lowest BCUT2D eigenvalue weighted by Crippen LogP contribution is -2.48. The third-order valence-corrected chi connectivity index (χ3v) is 6.51. The number of nitro benzene ring substituents is 1. The van der Waals surface area contributed by atoms with Crippen molar-refractivity contribution in [1.29, 1.82) is 0 Å². The van der Waals surface area contributed by atoms with Gasteiger partial charge in [0.15, 0.2) is 10.7 Å². The fourth-order valence-electron chi connectivity index (χ4n) is 3.10. The zero-order valence-corrected chi connectivity index (χ0v) is 16.0. The Labute approximate surface area is 165 Å². The Morgan fingerprint density at radius 1 is 1.07 bits per heavy atom. The topological polar surface area (TPSA) is 136 Å². The Hall–Kier alpha value is -3.09. The van der Waals surface area contributed by atoms with Gasteiger partial charge in [-0.1, -0.05) is 12.1 Å². The summed E-state index contributed by atoms with van der Waals surface area (Å²) in [6.07, 6.45) is 1.51. The van der Waals surface area contributed by atoms with Gasteiger partial charge in [-0.2, -0.15) is 4.31 Å². The van der Waals surface area contributed by atoms with Crippen molar-refractivity contribution < 1.29 is 22.2 Å². The number of aromatic nitrogens is 2. The zero-order chi connectivity index (χ0) is 20.4. The molecule has 1 aromatic carbocycles. The van der Waals surface area contributed by atoms with E-state index in [0.29, 0.717) is 31.3 Å². The number of hydrogen-bond acceptors (Lipinski definition) is 9. The number of nitrogens with zero attached hydrogens (tertiary/aromatic N) is 5. The second kappa shape index (κ2) is 7.73. The van der Waals surface area contributed by atoms with Gasteiger partial charge in [0.2, 0.25) is 15.9 Å². The summed E-state index contributed by atoms with van der Waals surface area (Å²) in [6.45, 7) is 1.63. The van der Waals surface area contributed by atoms with Crippen LogP contribution in [0.15, 0.2) is 56.4 Å². The van der Waals surface area contributed by atoms with Crippen LogP contribution in [0.25, 0.3) is 11.7 Å². The van der Waals surface area contributed by atoms with E-state index in [1.165, 1.54) is 34.8 Å². The van der Waals surface area contributed by atoms with Crippen LogP contribution >= 0.6 is 0 Å². The molecule has 152 valence electrons. The Bertz CT molecular complexity index is 1100. The monoisotopic (exact) mass is 419 g/mol. The van der Waals surface area contributed by atoms with Gasteiger partial charge in [0, 0.05) is 32.2 Å². The lowest BCUT2D eigenvalue weighted by molar-refractivity contribution is -0.387. The van der Waals surface area contributed by atoms with E-state index in [9.17, 15) is 18.5 Å². The van der Waals surface area contributed by atoms with Crippen LogP contribution in [0.4, 0.5) is 5.69 Å². The number of piperazine rings is 1. The van der Waals surface area contributed by atoms with Gasteiger partial charge in [-0.3, -0.25) is 15.0 Å². The summed E-state index contributed by atoms with van der Waals surface area (Å²) in [5.41, 5.74) is -0.425. The first-order chi connectivity index (χ1) is 13.9. The van der Waals surface area contributed by atoms with Crippen molar-refractivity contribution in [3.05, 3.63) is 58.7 Å². The number of rotatable bonds is 6. The van der Waals surface area contributed by atoms with E-state index in [4.69, 9.17) is 8.83 Å². The smallest absolute Gasteiger partial charge is 0.289 e. The fraction of sp³-hybridized carbons (Fsp3) is 0.294. The molecule has 29 heavy (non-hydrogen) atoms. The molecular weight excluding hydrogens is 402 g/mol. The summed E-state index contributed by atoms with van der Waals surface area (Å²) in [4.78, 5) is 12.2. The van der Waals surface area contributed by atoms with Crippen LogP contribution in [-0.4, -0.2) is 58.9 Å². The number of para-hydroxylation sites is 1. The third-order valence-electron chi connectivity index (χ3n) is 4.57. The third kappa shape index (κ3) is 3.90. The molecule has 1 aliphatic heterocycles. The van der Waals surface area contributed by atoms with E-state index in [0.717, 1.165) is 0 Å². The average molecular weight is 419 g/mol. The zero-order valence-electron chi connectivity index (χ0n) is 15.2. The number of benzene rings is 1. The molecule has 0 amide bonds. The van der Waals surface area contributed by atoms with Crippen molar-refractivity contribution in [3.8, 4) is 11.7 Å². The minimum absolute atomic E-state index is 0.202. The molecule has 3 aromatic rings. The first-order valence-corrected chi connectivity index (χ1v) is 10.2. The summed E-state index contributed by atoms with van der Waals surface area (Å²) >= 11 is 0. The molecule has 1 aliphatic rings. The van der Waals surface area contributed by atoms with Gasteiger partial charge in [-0.15, -0.1) is 10.2 Å². The molecule has 11 nitrogen and oxygen atoms in total. The van der Waals surface area contributed by atoms with E-state index < -0.39 is 20.6 Å². The van der Waals surface area contributed by atoms with E-state index in [1.807, 2.05) is 4.90 Å². The van der Waals surface area contributed by atoms with Gasteiger partial charge in [-0.05, 0) is 18.2 Å². The fourth-order valence-corrected chi connectivity index (χ4v) is 4.68. The molecule has 0 N–H and O–H groups in total. The molecule has 0 atom stereocenters.